The minimum absolute atomic E-state index is 0.386. The number of carboxylic acid groups (broad SMARTS) is 1. The van der Waals surface area contributed by atoms with Crippen molar-refractivity contribution < 1.29 is 14.7 Å². The molecule has 1 N–H and O–H groups in total. The summed E-state index contributed by atoms with van der Waals surface area (Å²) in [6.07, 6.45) is 6.11. The zero-order chi connectivity index (χ0) is 14.8. The Hall–Kier alpha value is -1.84. The van der Waals surface area contributed by atoms with E-state index in [1.807, 2.05) is 12.1 Å². The van der Waals surface area contributed by atoms with E-state index in [0.29, 0.717) is 23.8 Å². The van der Waals surface area contributed by atoms with E-state index < -0.39 is 5.97 Å². The molecule has 1 aliphatic carbocycles. The van der Waals surface area contributed by atoms with Crippen molar-refractivity contribution in [3.05, 3.63) is 29.3 Å². The number of hydrogen-bond donors (Lipinski definition) is 1. The maximum absolute atomic E-state index is 11.2. The normalized spacial score (nSPS) is 19.5. The van der Waals surface area contributed by atoms with Gasteiger partial charge in [0, 0.05) is 25.2 Å². The van der Waals surface area contributed by atoms with Gasteiger partial charge < -0.3 is 14.8 Å². The number of hydrogen-bond acceptors (Lipinski definition) is 3. The Labute approximate surface area is 124 Å². The van der Waals surface area contributed by atoms with E-state index in [9.17, 15) is 9.59 Å². The zero-order valence-corrected chi connectivity index (χ0v) is 12.1. The first kappa shape index (κ1) is 14.1. The summed E-state index contributed by atoms with van der Waals surface area (Å²) in [5, 5.41) is 9.16. The van der Waals surface area contributed by atoms with Gasteiger partial charge in [0.1, 0.15) is 6.29 Å². The highest BCUT2D eigenvalue weighted by atomic mass is 16.4. The first-order valence-corrected chi connectivity index (χ1v) is 7.75. The molecule has 0 radical (unpaired) electrons. The summed E-state index contributed by atoms with van der Waals surface area (Å²) < 4.78 is 0. The molecule has 112 valence electrons. The molecule has 1 aromatic rings. The lowest BCUT2D eigenvalue weighted by atomic mass is 9.93. The molecule has 21 heavy (non-hydrogen) atoms. The molecule has 0 unspecified atom stereocenters. The minimum Gasteiger partial charge on any atom is -0.478 e. The van der Waals surface area contributed by atoms with Crippen LogP contribution in [0.3, 0.4) is 0 Å². The fourth-order valence-corrected chi connectivity index (χ4v) is 3.24. The lowest BCUT2D eigenvalue weighted by Gasteiger charge is -2.34. The number of aromatic carboxylic acids is 1. The van der Waals surface area contributed by atoms with E-state index in [-0.39, 0.29) is 0 Å². The van der Waals surface area contributed by atoms with Gasteiger partial charge in [-0.3, -0.25) is 0 Å². The molecule has 0 spiro atoms. The molecule has 2 aliphatic rings. The number of rotatable bonds is 5. The third-order valence-electron chi connectivity index (χ3n) is 4.68. The van der Waals surface area contributed by atoms with E-state index in [1.54, 1.807) is 6.07 Å². The first-order valence-electron chi connectivity index (χ1n) is 7.75. The van der Waals surface area contributed by atoms with Gasteiger partial charge in [-0.25, -0.2) is 4.79 Å². The molecule has 1 aromatic carbocycles. The fraction of sp³-hybridized carbons (Fsp3) is 0.529. The maximum atomic E-state index is 11.2. The number of anilines is 1. The highest BCUT2D eigenvalue weighted by Crippen LogP contribution is 2.45. The smallest absolute Gasteiger partial charge is 0.335 e. The molecular weight excluding hydrogens is 266 g/mol. The molecule has 1 saturated heterocycles. The summed E-state index contributed by atoms with van der Waals surface area (Å²) in [5.74, 6) is 0.196. The average molecular weight is 287 g/mol. The molecule has 0 aromatic heterocycles. The fourth-order valence-electron chi connectivity index (χ4n) is 3.24. The van der Waals surface area contributed by atoms with Crippen molar-refractivity contribution in [2.45, 2.75) is 38.0 Å². The van der Waals surface area contributed by atoms with Crippen molar-refractivity contribution in [3.8, 4) is 0 Å². The van der Waals surface area contributed by atoms with Crippen molar-refractivity contribution in [2.24, 2.45) is 5.92 Å². The summed E-state index contributed by atoms with van der Waals surface area (Å²) in [6.45, 7) is 1.93. The standard InChI is InChI=1S/C17H21NO3/c19-10-7-12-5-8-18(9-6-12)16-4-3-14(17(20)21)11-15(16)13-1-2-13/h3-4,10-13H,1-2,5-9H2,(H,20,21). The SMILES string of the molecule is O=CCC1CCN(c2ccc(C(=O)O)cc2C2CC2)CC1. The van der Waals surface area contributed by atoms with Gasteiger partial charge in [0.05, 0.1) is 5.56 Å². The van der Waals surface area contributed by atoms with Crippen molar-refractivity contribution in [3.63, 3.8) is 0 Å². The first-order chi connectivity index (χ1) is 10.2. The number of piperidine rings is 1. The number of aldehydes is 1. The Morgan fingerprint density at radius 2 is 1.95 bits per heavy atom. The summed E-state index contributed by atoms with van der Waals surface area (Å²) in [7, 11) is 0. The van der Waals surface area contributed by atoms with Gasteiger partial charge in [0.15, 0.2) is 0 Å². The summed E-state index contributed by atoms with van der Waals surface area (Å²) >= 11 is 0. The molecule has 1 heterocycles. The Morgan fingerprint density at radius 3 is 2.52 bits per heavy atom. The average Bonchev–Trinajstić information content (AvgIpc) is 3.32. The van der Waals surface area contributed by atoms with Gasteiger partial charge in [-0.05, 0) is 61.3 Å². The quantitative estimate of drug-likeness (QED) is 0.846. The lowest BCUT2D eigenvalue weighted by molar-refractivity contribution is -0.108. The number of carbonyl (C=O) groups is 2. The summed E-state index contributed by atoms with van der Waals surface area (Å²) in [5.41, 5.74) is 2.78. The van der Waals surface area contributed by atoms with Crippen LogP contribution in [0.15, 0.2) is 18.2 Å². The summed E-state index contributed by atoms with van der Waals surface area (Å²) in [4.78, 5) is 24.1. The van der Waals surface area contributed by atoms with Crippen molar-refractivity contribution >= 4 is 17.9 Å². The van der Waals surface area contributed by atoms with Gasteiger partial charge in [0.2, 0.25) is 0 Å². The van der Waals surface area contributed by atoms with E-state index >= 15 is 0 Å². The number of nitrogens with zero attached hydrogens (tertiary/aromatic N) is 1. The highest BCUT2D eigenvalue weighted by molar-refractivity contribution is 5.88. The van der Waals surface area contributed by atoms with Crippen molar-refractivity contribution in [1.29, 1.82) is 0 Å². The second-order valence-electron chi connectivity index (χ2n) is 6.19. The molecule has 0 atom stereocenters. The molecule has 0 bridgehead atoms. The molecular formula is C17H21NO3. The van der Waals surface area contributed by atoms with E-state index in [2.05, 4.69) is 4.90 Å². The second-order valence-corrected chi connectivity index (χ2v) is 6.19. The number of carboxylic acids is 1. The second kappa shape index (κ2) is 5.88. The highest BCUT2D eigenvalue weighted by Gasteiger charge is 2.30. The number of benzene rings is 1. The monoisotopic (exact) mass is 287 g/mol. The van der Waals surface area contributed by atoms with Crippen LogP contribution in [-0.4, -0.2) is 30.5 Å². The van der Waals surface area contributed by atoms with Crippen LogP contribution in [0.1, 0.15) is 53.9 Å². The lowest BCUT2D eigenvalue weighted by Crippen LogP contribution is -2.34. The predicted octanol–water partition coefficient (Wildman–Crippen LogP) is 3.07. The molecule has 2 fully saturated rings. The Morgan fingerprint density at radius 1 is 1.24 bits per heavy atom. The third kappa shape index (κ3) is 3.09. The van der Waals surface area contributed by atoms with Crippen LogP contribution in [0.25, 0.3) is 0 Å². The Bertz CT molecular complexity index is 543. The topological polar surface area (TPSA) is 57.6 Å². The predicted molar refractivity (Wildman–Crippen MR) is 81.0 cm³/mol. The number of carbonyl (C=O) groups excluding carboxylic acids is 1. The third-order valence-corrected chi connectivity index (χ3v) is 4.68. The van der Waals surface area contributed by atoms with Gasteiger partial charge in [-0.2, -0.15) is 0 Å². The van der Waals surface area contributed by atoms with Crippen molar-refractivity contribution in [1.82, 2.24) is 0 Å². The minimum atomic E-state index is -0.854. The maximum Gasteiger partial charge on any atom is 0.335 e. The van der Waals surface area contributed by atoms with Crippen LogP contribution in [-0.2, 0) is 4.79 Å². The van der Waals surface area contributed by atoms with Gasteiger partial charge in [-0.15, -0.1) is 0 Å². The molecule has 3 rings (SSSR count). The molecule has 1 aliphatic heterocycles. The Balaban J connectivity index is 1.79. The van der Waals surface area contributed by atoms with Gasteiger partial charge in [-0.1, -0.05) is 0 Å². The van der Waals surface area contributed by atoms with Crippen LogP contribution in [0.5, 0.6) is 0 Å². The van der Waals surface area contributed by atoms with Crippen LogP contribution in [0.2, 0.25) is 0 Å². The van der Waals surface area contributed by atoms with E-state index in [0.717, 1.165) is 45.1 Å². The van der Waals surface area contributed by atoms with Crippen LogP contribution in [0, 0.1) is 5.92 Å². The van der Waals surface area contributed by atoms with Crippen LogP contribution < -0.4 is 4.90 Å². The Kier molecular flexibility index (Phi) is 3.95. The van der Waals surface area contributed by atoms with E-state index in [1.165, 1.54) is 11.3 Å². The molecule has 1 saturated carbocycles. The summed E-state index contributed by atoms with van der Waals surface area (Å²) in [6, 6.07) is 5.53. The largest absolute Gasteiger partial charge is 0.478 e. The van der Waals surface area contributed by atoms with Crippen LogP contribution >= 0.6 is 0 Å². The zero-order valence-electron chi connectivity index (χ0n) is 12.1. The van der Waals surface area contributed by atoms with Gasteiger partial charge in [0.25, 0.3) is 0 Å². The van der Waals surface area contributed by atoms with E-state index in [4.69, 9.17) is 5.11 Å². The van der Waals surface area contributed by atoms with Crippen LogP contribution in [0.4, 0.5) is 5.69 Å². The van der Waals surface area contributed by atoms with Gasteiger partial charge >= 0.3 is 5.97 Å². The molecule has 4 nitrogen and oxygen atoms in total. The molecule has 4 heteroatoms. The molecule has 0 amide bonds. The van der Waals surface area contributed by atoms with Crippen molar-refractivity contribution in [2.75, 3.05) is 18.0 Å².